The van der Waals surface area contributed by atoms with Crippen molar-refractivity contribution < 1.29 is 27.5 Å². The van der Waals surface area contributed by atoms with Crippen molar-refractivity contribution >= 4 is 33.5 Å². The standard InChI is InChI=1S/C22H25N3O6S/c1-15(26)31-20-5-3-4-17(14-20)21(27)23-18-10-12-25(13-11-18)22(28)16-6-8-19(9-7-16)24-32(2,29)30/h3-9,14,18,24H,10-13H2,1-2H3,(H,23,27). The summed E-state index contributed by atoms with van der Waals surface area (Å²) in [6, 6.07) is 12.6. The Morgan fingerprint density at radius 2 is 1.66 bits per heavy atom. The zero-order valence-electron chi connectivity index (χ0n) is 17.8. The summed E-state index contributed by atoms with van der Waals surface area (Å²) in [6.07, 6.45) is 2.27. The Hall–Kier alpha value is -3.40. The van der Waals surface area contributed by atoms with E-state index in [0.717, 1.165) is 6.26 Å². The molecule has 32 heavy (non-hydrogen) atoms. The third kappa shape index (κ3) is 6.55. The van der Waals surface area contributed by atoms with E-state index in [1.54, 1.807) is 47.4 Å². The van der Waals surface area contributed by atoms with Gasteiger partial charge in [-0.05, 0) is 55.3 Å². The summed E-state index contributed by atoms with van der Waals surface area (Å²) in [6.45, 7) is 2.27. The van der Waals surface area contributed by atoms with Crippen molar-refractivity contribution in [1.82, 2.24) is 10.2 Å². The molecular weight excluding hydrogens is 434 g/mol. The predicted molar refractivity (Wildman–Crippen MR) is 119 cm³/mol. The van der Waals surface area contributed by atoms with Gasteiger partial charge in [-0.1, -0.05) is 6.07 Å². The van der Waals surface area contributed by atoms with E-state index in [1.165, 1.54) is 13.0 Å². The van der Waals surface area contributed by atoms with Gasteiger partial charge in [0.05, 0.1) is 6.26 Å². The minimum atomic E-state index is -3.38. The highest BCUT2D eigenvalue weighted by Gasteiger charge is 2.25. The number of likely N-dealkylation sites (tertiary alicyclic amines) is 1. The van der Waals surface area contributed by atoms with E-state index in [2.05, 4.69) is 10.0 Å². The Morgan fingerprint density at radius 3 is 2.25 bits per heavy atom. The van der Waals surface area contributed by atoms with E-state index >= 15 is 0 Å². The highest BCUT2D eigenvalue weighted by Crippen LogP contribution is 2.18. The van der Waals surface area contributed by atoms with Crippen LogP contribution in [0.4, 0.5) is 5.69 Å². The number of carbonyl (C=O) groups excluding carboxylic acids is 3. The molecule has 1 saturated heterocycles. The van der Waals surface area contributed by atoms with Gasteiger partial charge in [0.15, 0.2) is 0 Å². The van der Waals surface area contributed by atoms with Crippen molar-refractivity contribution in [1.29, 1.82) is 0 Å². The summed E-state index contributed by atoms with van der Waals surface area (Å²) in [4.78, 5) is 38.1. The molecule has 0 spiro atoms. The first-order valence-corrected chi connectivity index (χ1v) is 12.0. The number of anilines is 1. The number of ether oxygens (including phenoxy) is 1. The molecule has 1 heterocycles. The molecule has 0 atom stereocenters. The lowest BCUT2D eigenvalue weighted by Gasteiger charge is -2.32. The van der Waals surface area contributed by atoms with Crippen LogP contribution < -0.4 is 14.8 Å². The number of nitrogens with zero attached hydrogens (tertiary/aromatic N) is 1. The first-order valence-electron chi connectivity index (χ1n) is 10.1. The minimum absolute atomic E-state index is 0.0785. The predicted octanol–water partition coefficient (Wildman–Crippen LogP) is 2.02. The topological polar surface area (TPSA) is 122 Å². The number of esters is 1. The molecule has 0 unspecified atom stereocenters. The molecule has 9 nitrogen and oxygen atoms in total. The second-order valence-electron chi connectivity index (χ2n) is 7.61. The fraction of sp³-hybridized carbons (Fsp3) is 0.318. The fourth-order valence-electron chi connectivity index (χ4n) is 3.44. The van der Waals surface area contributed by atoms with Gasteiger partial charge in [0.25, 0.3) is 11.8 Å². The molecule has 10 heteroatoms. The minimum Gasteiger partial charge on any atom is -0.427 e. The molecule has 0 aliphatic carbocycles. The maximum Gasteiger partial charge on any atom is 0.308 e. The molecule has 0 bridgehead atoms. The first kappa shape index (κ1) is 23.3. The van der Waals surface area contributed by atoms with Gasteiger partial charge in [0, 0.05) is 42.9 Å². The molecular formula is C22H25N3O6S. The van der Waals surface area contributed by atoms with Crippen LogP contribution in [0.25, 0.3) is 0 Å². The summed E-state index contributed by atoms with van der Waals surface area (Å²) in [5, 5.41) is 2.96. The van der Waals surface area contributed by atoms with E-state index in [-0.39, 0.29) is 17.9 Å². The monoisotopic (exact) mass is 459 g/mol. The number of amides is 2. The van der Waals surface area contributed by atoms with Gasteiger partial charge in [-0.15, -0.1) is 0 Å². The van der Waals surface area contributed by atoms with Crippen LogP contribution in [0.15, 0.2) is 48.5 Å². The number of nitrogens with one attached hydrogen (secondary N) is 2. The molecule has 0 aromatic heterocycles. The molecule has 1 aliphatic heterocycles. The van der Waals surface area contributed by atoms with Gasteiger partial charge in [0.2, 0.25) is 10.0 Å². The molecule has 1 fully saturated rings. The lowest BCUT2D eigenvalue weighted by atomic mass is 10.0. The van der Waals surface area contributed by atoms with E-state index in [1.807, 2.05) is 0 Å². The number of benzene rings is 2. The summed E-state index contributed by atoms with van der Waals surface area (Å²) in [5.41, 5.74) is 1.25. The Bertz CT molecular complexity index is 1110. The van der Waals surface area contributed by atoms with Crippen LogP contribution in [0.3, 0.4) is 0 Å². The SMILES string of the molecule is CC(=O)Oc1cccc(C(=O)NC2CCN(C(=O)c3ccc(NS(C)(=O)=O)cc3)CC2)c1. The van der Waals surface area contributed by atoms with Gasteiger partial charge >= 0.3 is 5.97 Å². The van der Waals surface area contributed by atoms with Crippen molar-refractivity contribution in [2.24, 2.45) is 0 Å². The zero-order valence-corrected chi connectivity index (χ0v) is 18.6. The number of piperidine rings is 1. The summed E-state index contributed by atoms with van der Waals surface area (Å²) >= 11 is 0. The molecule has 2 amide bonds. The molecule has 170 valence electrons. The molecule has 1 aliphatic rings. The second kappa shape index (κ2) is 9.82. The number of rotatable bonds is 6. The second-order valence-corrected chi connectivity index (χ2v) is 9.36. The molecule has 0 saturated carbocycles. The third-order valence-corrected chi connectivity index (χ3v) is 5.52. The van der Waals surface area contributed by atoms with E-state index in [4.69, 9.17) is 4.74 Å². The maximum absolute atomic E-state index is 12.7. The average Bonchev–Trinajstić information content (AvgIpc) is 2.73. The van der Waals surface area contributed by atoms with Crippen LogP contribution in [0, 0.1) is 0 Å². The summed E-state index contributed by atoms with van der Waals surface area (Å²) in [7, 11) is -3.38. The van der Waals surface area contributed by atoms with Crippen molar-refractivity contribution in [2.75, 3.05) is 24.1 Å². The molecule has 3 rings (SSSR count). The van der Waals surface area contributed by atoms with Crippen LogP contribution >= 0.6 is 0 Å². The molecule has 0 radical (unpaired) electrons. The number of sulfonamides is 1. The van der Waals surface area contributed by atoms with Crippen LogP contribution in [0.5, 0.6) is 5.75 Å². The van der Waals surface area contributed by atoms with Crippen molar-refractivity contribution in [3.8, 4) is 5.75 Å². The molecule has 2 N–H and O–H groups in total. The van der Waals surface area contributed by atoms with Crippen LogP contribution in [-0.4, -0.2) is 56.5 Å². The normalized spacial score (nSPS) is 14.5. The fourth-order valence-corrected chi connectivity index (χ4v) is 4.00. The van der Waals surface area contributed by atoms with E-state index in [9.17, 15) is 22.8 Å². The maximum atomic E-state index is 12.7. The molecule has 2 aromatic carbocycles. The Balaban J connectivity index is 1.53. The van der Waals surface area contributed by atoms with E-state index < -0.39 is 16.0 Å². The van der Waals surface area contributed by atoms with Crippen LogP contribution in [0.2, 0.25) is 0 Å². The highest BCUT2D eigenvalue weighted by atomic mass is 32.2. The van der Waals surface area contributed by atoms with Gasteiger partial charge in [0.1, 0.15) is 5.75 Å². The molecule has 2 aromatic rings. The van der Waals surface area contributed by atoms with Crippen molar-refractivity contribution in [3.05, 3.63) is 59.7 Å². The van der Waals surface area contributed by atoms with Gasteiger partial charge in [-0.3, -0.25) is 19.1 Å². The largest absolute Gasteiger partial charge is 0.427 e. The van der Waals surface area contributed by atoms with Crippen LogP contribution in [0.1, 0.15) is 40.5 Å². The summed E-state index contributed by atoms with van der Waals surface area (Å²) < 4.78 is 29.9. The zero-order chi connectivity index (χ0) is 23.3. The lowest BCUT2D eigenvalue weighted by Crippen LogP contribution is -2.46. The van der Waals surface area contributed by atoms with Gasteiger partial charge < -0.3 is 15.0 Å². The lowest BCUT2D eigenvalue weighted by molar-refractivity contribution is -0.131. The Kier molecular flexibility index (Phi) is 7.14. The number of carbonyl (C=O) groups is 3. The third-order valence-electron chi connectivity index (χ3n) is 4.91. The Morgan fingerprint density at radius 1 is 1.00 bits per heavy atom. The van der Waals surface area contributed by atoms with Crippen LogP contribution in [-0.2, 0) is 14.8 Å². The summed E-state index contributed by atoms with van der Waals surface area (Å²) in [5.74, 6) is -0.559. The number of hydrogen-bond acceptors (Lipinski definition) is 6. The highest BCUT2D eigenvalue weighted by molar-refractivity contribution is 7.92. The average molecular weight is 460 g/mol. The van der Waals surface area contributed by atoms with Gasteiger partial charge in [-0.2, -0.15) is 0 Å². The van der Waals surface area contributed by atoms with Crippen molar-refractivity contribution in [3.63, 3.8) is 0 Å². The smallest absolute Gasteiger partial charge is 0.308 e. The number of hydrogen-bond donors (Lipinski definition) is 2. The Labute approximate surface area is 186 Å². The van der Waals surface area contributed by atoms with E-state index in [0.29, 0.717) is 48.5 Å². The van der Waals surface area contributed by atoms with Gasteiger partial charge in [-0.25, -0.2) is 8.42 Å². The quantitative estimate of drug-likeness (QED) is 0.503. The first-order chi connectivity index (χ1) is 15.1. The van der Waals surface area contributed by atoms with Crippen molar-refractivity contribution in [2.45, 2.75) is 25.8 Å².